The molecular formula is C11H17Li. The van der Waals surface area contributed by atoms with Gasteiger partial charge in [0, 0.05) is 0 Å². The molecule has 0 aliphatic heterocycles. The first-order valence-electron chi connectivity index (χ1n) is 4.82. The zero-order valence-electron chi connectivity index (χ0n) is 9.05. The summed E-state index contributed by atoms with van der Waals surface area (Å²) in [4.78, 5) is 0. The fourth-order valence-electron chi connectivity index (χ4n) is 2.24. The van der Waals surface area contributed by atoms with Crippen LogP contribution in [0.4, 0.5) is 0 Å². The van der Waals surface area contributed by atoms with Gasteiger partial charge in [-0.1, -0.05) is 43.1 Å². The van der Waals surface area contributed by atoms with E-state index >= 15 is 0 Å². The van der Waals surface area contributed by atoms with Crippen LogP contribution in [0.15, 0.2) is 23.8 Å². The van der Waals surface area contributed by atoms with Crippen molar-refractivity contribution in [1.29, 1.82) is 0 Å². The molecule has 62 valence electrons. The Hall–Kier alpha value is 0.0774. The third-order valence-corrected chi connectivity index (χ3v) is 2.93. The van der Waals surface area contributed by atoms with Crippen LogP contribution in [-0.4, -0.2) is 0 Å². The van der Waals surface area contributed by atoms with Crippen LogP contribution in [0.1, 0.15) is 40.0 Å². The third-order valence-electron chi connectivity index (χ3n) is 2.93. The average molecular weight is 156 g/mol. The fraction of sp³-hybridized carbons (Fsp3) is 0.636. The molecule has 0 saturated heterocycles. The molecule has 0 aromatic rings. The van der Waals surface area contributed by atoms with E-state index in [-0.39, 0.29) is 20.3 Å². The molecule has 0 nitrogen and oxygen atoms in total. The summed E-state index contributed by atoms with van der Waals surface area (Å²) in [7, 11) is 0. The van der Waals surface area contributed by atoms with Crippen molar-refractivity contribution in [1.82, 2.24) is 0 Å². The Morgan fingerprint density at radius 2 is 1.92 bits per heavy atom. The zero-order valence-corrected chi connectivity index (χ0v) is 8.05. The van der Waals surface area contributed by atoms with Crippen LogP contribution in [0.2, 0.25) is 0 Å². The van der Waals surface area contributed by atoms with Gasteiger partial charge in [0.05, 0.1) is 0 Å². The van der Waals surface area contributed by atoms with Crippen molar-refractivity contribution in [2.45, 2.75) is 38.5 Å². The third kappa shape index (κ3) is 2.28. The summed E-state index contributed by atoms with van der Waals surface area (Å²) in [5.74, 6) is 0.943. The van der Waals surface area contributed by atoms with Crippen molar-refractivity contribution in [2.24, 2.45) is 5.92 Å². The second-order valence-electron chi connectivity index (χ2n) is 3.71. The summed E-state index contributed by atoms with van der Waals surface area (Å²) in [6, 6.07) is 0. The van der Waals surface area contributed by atoms with Gasteiger partial charge in [0.1, 0.15) is 0 Å². The van der Waals surface area contributed by atoms with Gasteiger partial charge in [0.2, 0.25) is 0 Å². The standard InChI is InChI=1S/C11H16.Li.H/c1-2-6-10(7-3-1)11-8-4-5-9-11;;/h4-5,8,10H,1-3,6-7,9H2;;/q;+1;-1. The van der Waals surface area contributed by atoms with Crippen LogP contribution >= 0.6 is 0 Å². The number of hydrogen-bond acceptors (Lipinski definition) is 0. The molecule has 0 bridgehead atoms. The molecule has 0 spiro atoms. The van der Waals surface area contributed by atoms with Crippen LogP contribution in [0.5, 0.6) is 0 Å². The van der Waals surface area contributed by atoms with E-state index in [4.69, 9.17) is 0 Å². The van der Waals surface area contributed by atoms with E-state index in [1.165, 1.54) is 38.5 Å². The fourth-order valence-corrected chi connectivity index (χ4v) is 2.24. The molecule has 1 saturated carbocycles. The van der Waals surface area contributed by atoms with Crippen molar-refractivity contribution in [3.8, 4) is 0 Å². The Morgan fingerprint density at radius 1 is 1.17 bits per heavy atom. The molecule has 0 unspecified atom stereocenters. The smallest absolute Gasteiger partial charge is 1.00 e. The van der Waals surface area contributed by atoms with E-state index in [0.717, 1.165) is 5.92 Å². The van der Waals surface area contributed by atoms with Crippen LogP contribution in [0.3, 0.4) is 0 Å². The van der Waals surface area contributed by atoms with Crippen LogP contribution in [0.25, 0.3) is 0 Å². The van der Waals surface area contributed by atoms with Gasteiger partial charge in [-0.25, -0.2) is 0 Å². The van der Waals surface area contributed by atoms with E-state index < -0.39 is 0 Å². The van der Waals surface area contributed by atoms with E-state index in [1.807, 2.05) is 0 Å². The van der Waals surface area contributed by atoms with Crippen molar-refractivity contribution in [3.05, 3.63) is 23.8 Å². The number of hydrogen-bond donors (Lipinski definition) is 0. The second-order valence-corrected chi connectivity index (χ2v) is 3.71. The normalized spacial score (nSPS) is 23.5. The Kier molecular flexibility index (Phi) is 4.19. The number of allylic oxidation sites excluding steroid dienone is 4. The van der Waals surface area contributed by atoms with Gasteiger partial charge in [-0.2, -0.15) is 0 Å². The van der Waals surface area contributed by atoms with E-state index in [1.54, 1.807) is 5.57 Å². The number of rotatable bonds is 1. The summed E-state index contributed by atoms with van der Waals surface area (Å²) in [6.07, 6.45) is 15.4. The molecule has 0 amide bonds. The Morgan fingerprint density at radius 3 is 2.50 bits per heavy atom. The molecule has 0 atom stereocenters. The Bertz CT molecular complexity index is 190. The molecule has 1 fully saturated rings. The van der Waals surface area contributed by atoms with Crippen LogP contribution < -0.4 is 18.9 Å². The molecule has 2 aliphatic carbocycles. The van der Waals surface area contributed by atoms with Gasteiger partial charge in [-0.15, -0.1) is 0 Å². The minimum absolute atomic E-state index is 0. The topological polar surface area (TPSA) is 0 Å². The first-order valence-corrected chi connectivity index (χ1v) is 4.82. The predicted octanol–water partition coefficient (Wildman–Crippen LogP) is 0.569. The summed E-state index contributed by atoms with van der Waals surface area (Å²) in [6.45, 7) is 0. The van der Waals surface area contributed by atoms with Crippen molar-refractivity contribution in [2.75, 3.05) is 0 Å². The van der Waals surface area contributed by atoms with Crippen molar-refractivity contribution >= 4 is 0 Å². The maximum Gasteiger partial charge on any atom is 1.00 e. The maximum absolute atomic E-state index is 2.33. The zero-order chi connectivity index (χ0) is 7.52. The molecule has 0 N–H and O–H groups in total. The van der Waals surface area contributed by atoms with Crippen LogP contribution in [0, 0.1) is 5.92 Å². The molecule has 0 radical (unpaired) electrons. The minimum Gasteiger partial charge on any atom is -1.00 e. The van der Waals surface area contributed by atoms with Gasteiger partial charge in [0.25, 0.3) is 0 Å². The second kappa shape index (κ2) is 4.95. The summed E-state index contributed by atoms with van der Waals surface area (Å²) < 4.78 is 0. The van der Waals surface area contributed by atoms with E-state index in [0.29, 0.717) is 0 Å². The van der Waals surface area contributed by atoms with E-state index in [2.05, 4.69) is 18.2 Å². The quantitative estimate of drug-likeness (QED) is 0.487. The molecule has 2 rings (SSSR count). The minimum atomic E-state index is 0. The van der Waals surface area contributed by atoms with Gasteiger partial charge >= 0.3 is 18.9 Å². The molecule has 0 heterocycles. The van der Waals surface area contributed by atoms with Crippen molar-refractivity contribution < 1.29 is 20.3 Å². The Labute approximate surface area is 88.8 Å². The van der Waals surface area contributed by atoms with Gasteiger partial charge in [-0.3, -0.25) is 0 Å². The average Bonchev–Trinajstić information content (AvgIpc) is 2.58. The molecule has 0 aromatic heterocycles. The monoisotopic (exact) mass is 156 g/mol. The van der Waals surface area contributed by atoms with Crippen LogP contribution in [-0.2, 0) is 0 Å². The molecule has 12 heavy (non-hydrogen) atoms. The molecule has 0 aromatic carbocycles. The first kappa shape index (κ1) is 10.2. The Balaban J connectivity index is 0.000000720. The van der Waals surface area contributed by atoms with Gasteiger partial charge in [0.15, 0.2) is 0 Å². The largest absolute Gasteiger partial charge is 1.00 e. The molecule has 1 heteroatoms. The van der Waals surface area contributed by atoms with E-state index in [9.17, 15) is 0 Å². The van der Waals surface area contributed by atoms with Gasteiger partial charge in [-0.05, 0) is 25.2 Å². The summed E-state index contributed by atoms with van der Waals surface area (Å²) in [5.41, 5.74) is 1.70. The first-order chi connectivity index (χ1) is 5.47. The predicted molar refractivity (Wildman–Crippen MR) is 49.5 cm³/mol. The molecule has 2 aliphatic rings. The SMILES string of the molecule is C1=CCC(C2CCCCC2)=C1.[H-].[Li+]. The molecular weight excluding hydrogens is 139 g/mol. The summed E-state index contributed by atoms with van der Waals surface area (Å²) in [5, 5.41) is 0. The van der Waals surface area contributed by atoms with Gasteiger partial charge < -0.3 is 1.43 Å². The summed E-state index contributed by atoms with van der Waals surface area (Å²) >= 11 is 0. The van der Waals surface area contributed by atoms with Crippen molar-refractivity contribution in [3.63, 3.8) is 0 Å². The maximum atomic E-state index is 2.33.